The lowest BCUT2D eigenvalue weighted by molar-refractivity contribution is -0.151. The molecule has 2 aromatic carbocycles. The summed E-state index contributed by atoms with van der Waals surface area (Å²) in [4.78, 5) is 35.2. The number of amidine groups is 1. The Bertz CT molecular complexity index is 821. The average molecular weight is 356 g/mol. The Morgan fingerprint density at radius 3 is 2.08 bits per heavy atom. The van der Waals surface area contributed by atoms with Crippen LogP contribution in [-0.4, -0.2) is 34.8 Å². The summed E-state index contributed by atoms with van der Waals surface area (Å²) in [6.45, 7) is 0. The highest BCUT2D eigenvalue weighted by Crippen LogP contribution is 2.11. The summed E-state index contributed by atoms with van der Waals surface area (Å²) in [6.07, 6.45) is -1.84. The number of nitrogen functional groups attached to an aromatic ring is 1. The molecule has 0 aliphatic carbocycles. The molecule has 2 amide bonds. The number of nitrogens with one attached hydrogen (secondary N) is 3. The predicted octanol–water partition coefficient (Wildman–Crippen LogP) is 0.264. The number of carbonyl (C=O) groups excluding carboxylic acids is 2. The van der Waals surface area contributed by atoms with Crippen LogP contribution in [0.1, 0.15) is 15.9 Å². The van der Waals surface area contributed by atoms with Gasteiger partial charge in [-0.3, -0.25) is 25.8 Å². The van der Waals surface area contributed by atoms with Gasteiger partial charge in [-0.1, -0.05) is 30.3 Å². The van der Waals surface area contributed by atoms with Crippen molar-refractivity contribution < 1.29 is 24.2 Å². The molecule has 1 unspecified atom stereocenters. The first kappa shape index (κ1) is 18.5. The van der Waals surface area contributed by atoms with Crippen LogP contribution in [0.2, 0.25) is 0 Å². The maximum Gasteiger partial charge on any atom is 0.355 e. The second-order valence-electron chi connectivity index (χ2n) is 5.08. The minimum atomic E-state index is -1.84. The van der Waals surface area contributed by atoms with Crippen LogP contribution >= 0.6 is 0 Å². The summed E-state index contributed by atoms with van der Waals surface area (Å²) in [5.41, 5.74) is 10.1. The van der Waals surface area contributed by atoms with Crippen molar-refractivity contribution in [1.82, 2.24) is 10.9 Å². The predicted molar refractivity (Wildman–Crippen MR) is 91.6 cm³/mol. The van der Waals surface area contributed by atoms with Gasteiger partial charge in [-0.2, -0.15) is 0 Å². The maximum atomic E-state index is 12.0. The number of hydrogen-bond donors (Lipinski definition) is 5. The SMILES string of the molecule is N=C(N)c1ccc(C(=O)NNC(=O)C(Oc2ccccc2)C(=O)O)cc1. The third-order valence-electron chi connectivity index (χ3n) is 3.22. The van der Waals surface area contributed by atoms with E-state index in [9.17, 15) is 14.4 Å². The molecular weight excluding hydrogens is 340 g/mol. The molecule has 0 saturated heterocycles. The van der Waals surface area contributed by atoms with Gasteiger partial charge < -0.3 is 15.6 Å². The number of rotatable bonds is 6. The number of aliphatic carboxylic acids is 1. The number of nitrogens with two attached hydrogens (primary N) is 1. The zero-order chi connectivity index (χ0) is 19.1. The lowest BCUT2D eigenvalue weighted by atomic mass is 10.1. The second-order valence-corrected chi connectivity index (χ2v) is 5.08. The third kappa shape index (κ3) is 4.81. The Labute approximate surface area is 148 Å². The van der Waals surface area contributed by atoms with E-state index in [1.165, 1.54) is 36.4 Å². The van der Waals surface area contributed by atoms with Crippen molar-refractivity contribution in [3.8, 4) is 5.75 Å². The van der Waals surface area contributed by atoms with E-state index in [0.29, 0.717) is 5.56 Å². The fourth-order valence-electron chi connectivity index (χ4n) is 1.91. The van der Waals surface area contributed by atoms with E-state index in [1.54, 1.807) is 18.2 Å². The summed E-state index contributed by atoms with van der Waals surface area (Å²) in [6, 6.07) is 13.7. The molecular formula is C17H16N4O5. The fraction of sp³-hybridized carbons (Fsp3) is 0.0588. The molecule has 26 heavy (non-hydrogen) atoms. The van der Waals surface area contributed by atoms with Crippen molar-refractivity contribution in [2.75, 3.05) is 0 Å². The monoisotopic (exact) mass is 356 g/mol. The number of hydrogen-bond acceptors (Lipinski definition) is 5. The maximum absolute atomic E-state index is 12.0. The number of ether oxygens (including phenoxy) is 1. The van der Waals surface area contributed by atoms with E-state index in [4.69, 9.17) is 21.0 Å². The summed E-state index contributed by atoms with van der Waals surface area (Å²) >= 11 is 0. The van der Waals surface area contributed by atoms with Crippen LogP contribution < -0.4 is 21.3 Å². The smallest absolute Gasteiger partial charge is 0.355 e. The summed E-state index contributed by atoms with van der Waals surface area (Å²) in [7, 11) is 0. The van der Waals surface area contributed by atoms with Crippen molar-refractivity contribution in [1.29, 1.82) is 5.41 Å². The normalized spacial score (nSPS) is 11.1. The van der Waals surface area contributed by atoms with Gasteiger partial charge in [0, 0.05) is 11.1 Å². The van der Waals surface area contributed by atoms with Crippen LogP contribution in [0.5, 0.6) is 5.75 Å². The highest BCUT2D eigenvalue weighted by molar-refractivity contribution is 6.02. The molecule has 0 fully saturated rings. The fourth-order valence-corrected chi connectivity index (χ4v) is 1.91. The van der Waals surface area contributed by atoms with Gasteiger partial charge >= 0.3 is 5.97 Å². The molecule has 0 radical (unpaired) electrons. The Balaban J connectivity index is 1.97. The number of amides is 2. The van der Waals surface area contributed by atoms with E-state index < -0.39 is 23.9 Å². The molecule has 0 heterocycles. The van der Waals surface area contributed by atoms with E-state index in [0.717, 1.165) is 0 Å². The van der Waals surface area contributed by atoms with E-state index >= 15 is 0 Å². The van der Waals surface area contributed by atoms with Gasteiger partial charge in [0.25, 0.3) is 17.9 Å². The van der Waals surface area contributed by atoms with Crippen LogP contribution in [-0.2, 0) is 9.59 Å². The van der Waals surface area contributed by atoms with Crippen molar-refractivity contribution in [2.45, 2.75) is 6.10 Å². The standard InChI is InChI=1S/C17H16N4O5/c18-14(19)10-6-8-11(9-7-10)15(22)20-21-16(23)13(17(24)25)26-12-4-2-1-3-5-12/h1-9,13H,(H3,18,19)(H,20,22)(H,21,23)(H,24,25). The van der Waals surface area contributed by atoms with Gasteiger partial charge in [-0.25, -0.2) is 4.79 Å². The van der Waals surface area contributed by atoms with Crippen molar-refractivity contribution in [3.05, 3.63) is 65.7 Å². The van der Waals surface area contributed by atoms with E-state index in [2.05, 4.69) is 5.43 Å². The van der Waals surface area contributed by atoms with Crippen LogP contribution in [0.25, 0.3) is 0 Å². The molecule has 134 valence electrons. The minimum Gasteiger partial charge on any atom is -0.478 e. The Kier molecular flexibility index (Phi) is 5.88. The number of carboxylic acid groups (broad SMARTS) is 1. The molecule has 1 atom stereocenters. The van der Waals surface area contributed by atoms with Crippen molar-refractivity contribution >= 4 is 23.6 Å². The van der Waals surface area contributed by atoms with Gasteiger partial charge in [0.15, 0.2) is 0 Å². The molecule has 0 saturated carbocycles. The van der Waals surface area contributed by atoms with Crippen LogP contribution in [0, 0.1) is 5.41 Å². The molecule has 2 rings (SSSR count). The van der Waals surface area contributed by atoms with Crippen LogP contribution in [0.4, 0.5) is 0 Å². The number of hydrazine groups is 1. The van der Waals surface area contributed by atoms with Gasteiger partial charge in [0.1, 0.15) is 11.6 Å². The van der Waals surface area contributed by atoms with E-state index in [-0.39, 0.29) is 17.1 Å². The van der Waals surface area contributed by atoms with Crippen molar-refractivity contribution in [3.63, 3.8) is 0 Å². The molecule has 2 aromatic rings. The summed E-state index contributed by atoms with van der Waals surface area (Å²) < 4.78 is 5.12. The highest BCUT2D eigenvalue weighted by Gasteiger charge is 2.29. The quantitative estimate of drug-likeness (QED) is 0.216. The Morgan fingerprint density at radius 2 is 1.54 bits per heavy atom. The van der Waals surface area contributed by atoms with Gasteiger partial charge in [-0.05, 0) is 24.3 Å². The lowest BCUT2D eigenvalue weighted by Gasteiger charge is -2.15. The third-order valence-corrected chi connectivity index (χ3v) is 3.22. The highest BCUT2D eigenvalue weighted by atomic mass is 16.5. The molecule has 9 nitrogen and oxygen atoms in total. The zero-order valence-corrected chi connectivity index (χ0v) is 13.4. The van der Waals surface area contributed by atoms with Gasteiger partial charge in [0.2, 0.25) is 0 Å². The molecule has 0 aliphatic heterocycles. The molecule has 6 N–H and O–H groups in total. The first-order valence-electron chi connectivity index (χ1n) is 7.37. The zero-order valence-electron chi connectivity index (χ0n) is 13.4. The average Bonchev–Trinajstić information content (AvgIpc) is 2.64. The summed E-state index contributed by atoms with van der Waals surface area (Å²) in [5, 5.41) is 16.4. The topological polar surface area (TPSA) is 155 Å². The molecule has 0 bridgehead atoms. The molecule has 0 aliphatic rings. The van der Waals surface area contributed by atoms with Crippen LogP contribution in [0.15, 0.2) is 54.6 Å². The molecule has 0 spiro atoms. The lowest BCUT2D eigenvalue weighted by Crippen LogP contribution is -2.50. The number of para-hydroxylation sites is 1. The second kappa shape index (κ2) is 8.29. The number of carbonyl (C=O) groups is 3. The number of carboxylic acids is 1. The number of benzene rings is 2. The summed E-state index contributed by atoms with van der Waals surface area (Å²) in [5.74, 6) is -3.17. The Morgan fingerprint density at radius 1 is 0.962 bits per heavy atom. The first-order valence-corrected chi connectivity index (χ1v) is 7.37. The molecule has 9 heteroatoms. The first-order chi connectivity index (χ1) is 12.4. The van der Waals surface area contributed by atoms with Gasteiger partial charge in [0.05, 0.1) is 0 Å². The van der Waals surface area contributed by atoms with E-state index in [1.807, 2.05) is 5.43 Å². The van der Waals surface area contributed by atoms with Gasteiger partial charge in [-0.15, -0.1) is 0 Å². The largest absolute Gasteiger partial charge is 0.478 e. The molecule has 0 aromatic heterocycles. The van der Waals surface area contributed by atoms with Crippen molar-refractivity contribution in [2.24, 2.45) is 5.73 Å². The van der Waals surface area contributed by atoms with Crippen LogP contribution in [0.3, 0.4) is 0 Å². The minimum absolute atomic E-state index is 0.146. The Hall–Kier alpha value is -3.88.